The summed E-state index contributed by atoms with van der Waals surface area (Å²) >= 11 is 0. The molecule has 0 N–H and O–H groups in total. The highest BCUT2D eigenvalue weighted by Gasteiger charge is 2.30. The van der Waals surface area contributed by atoms with Gasteiger partial charge in [-0.25, -0.2) is 4.98 Å². The standard InChI is InChI=1S/C31H18N4/c1-2-4-20-17(3-1)13-18-5-8-23-24(28(18)20)14-19-6-7-22-21-9-11-32-15-26(21)35-27-16-33-12-10-25(27)34-31(35)30(22)29(19)23/h1-12,15-16H,13-14H2. The van der Waals surface area contributed by atoms with E-state index >= 15 is 0 Å². The lowest BCUT2D eigenvalue weighted by molar-refractivity contribution is 1.23. The molecule has 2 aliphatic carbocycles. The molecule has 4 aromatic heterocycles. The summed E-state index contributed by atoms with van der Waals surface area (Å²) in [6.45, 7) is 0. The highest BCUT2D eigenvalue weighted by atomic mass is 15.0. The predicted molar refractivity (Wildman–Crippen MR) is 140 cm³/mol. The van der Waals surface area contributed by atoms with Crippen LogP contribution in [0.15, 0.2) is 85.5 Å². The van der Waals surface area contributed by atoms with Gasteiger partial charge in [-0.2, -0.15) is 0 Å². The zero-order chi connectivity index (χ0) is 22.7. The second kappa shape index (κ2) is 6.10. The average Bonchev–Trinajstić information content (AvgIpc) is 3.59. The lowest BCUT2D eigenvalue weighted by Gasteiger charge is -2.13. The summed E-state index contributed by atoms with van der Waals surface area (Å²) in [5.74, 6) is 0. The van der Waals surface area contributed by atoms with Crippen molar-refractivity contribution < 1.29 is 0 Å². The zero-order valence-electron chi connectivity index (χ0n) is 18.8. The Kier molecular flexibility index (Phi) is 3.11. The topological polar surface area (TPSA) is 43.1 Å². The minimum absolute atomic E-state index is 0.955. The van der Waals surface area contributed by atoms with Gasteiger partial charge < -0.3 is 0 Å². The summed E-state index contributed by atoms with van der Waals surface area (Å²) in [4.78, 5) is 14.0. The zero-order valence-corrected chi connectivity index (χ0v) is 18.8. The molecule has 162 valence electrons. The fourth-order valence-corrected chi connectivity index (χ4v) is 6.60. The number of hydrogen-bond acceptors (Lipinski definition) is 3. The summed E-state index contributed by atoms with van der Waals surface area (Å²) in [6, 6.07) is 22.3. The van der Waals surface area contributed by atoms with Crippen LogP contribution < -0.4 is 0 Å². The molecule has 0 atom stereocenters. The maximum Gasteiger partial charge on any atom is 0.147 e. The maximum absolute atomic E-state index is 5.15. The molecule has 0 radical (unpaired) electrons. The second-order valence-corrected chi connectivity index (χ2v) is 9.69. The fourth-order valence-electron chi connectivity index (χ4n) is 6.60. The molecule has 9 rings (SSSR count). The van der Waals surface area contributed by atoms with Crippen molar-refractivity contribution in [1.29, 1.82) is 0 Å². The van der Waals surface area contributed by atoms with Crippen molar-refractivity contribution in [2.75, 3.05) is 0 Å². The van der Waals surface area contributed by atoms with Crippen LogP contribution in [0.3, 0.4) is 0 Å². The third-order valence-electron chi connectivity index (χ3n) is 8.01. The van der Waals surface area contributed by atoms with Gasteiger partial charge in [0.25, 0.3) is 0 Å². The summed E-state index contributed by atoms with van der Waals surface area (Å²) in [6.07, 6.45) is 9.54. The van der Waals surface area contributed by atoms with E-state index in [4.69, 9.17) is 4.98 Å². The SMILES string of the molecule is c1ccc2c(c1)Cc1ccc3c(c1-2)Cc1ccc2c4ccncc4n4c5cnccc5nc4c2c1-3. The fraction of sp³-hybridized carbons (Fsp3) is 0.0645. The molecular weight excluding hydrogens is 428 g/mol. The van der Waals surface area contributed by atoms with Gasteiger partial charge >= 0.3 is 0 Å². The van der Waals surface area contributed by atoms with Gasteiger partial charge in [0.15, 0.2) is 0 Å². The van der Waals surface area contributed by atoms with Crippen LogP contribution in [0.4, 0.5) is 0 Å². The first-order chi connectivity index (χ1) is 17.4. The molecule has 2 aliphatic rings. The van der Waals surface area contributed by atoms with Crippen molar-refractivity contribution in [3.8, 4) is 22.3 Å². The molecule has 4 heteroatoms. The molecule has 0 saturated heterocycles. The molecule has 35 heavy (non-hydrogen) atoms. The molecule has 7 aromatic rings. The van der Waals surface area contributed by atoms with E-state index in [2.05, 4.69) is 69.0 Å². The van der Waals surface area contributed by atoms with Crippen molar-refractivity contribution in [2.24, 2.45) is 0 Å². The Morgan fingerprint density at radius 3 is 2.43 bits per heavy atom. The van der Waals surface area contributed by atoms with Gasteiger partial charge in [-0.15, -0.1) is 0 Å². The van der Waals surface area contributed by atoms with E-state index in [1.165, 1.54) is 60.7 Å². The second-order valence-electron chi connectivity index (χ2n) is 9.69. The normalized spacial score (nSPS) is 13.5. The first-order valence-electron chi connectivity index (χ1n) is 12.0. The molecule has 4 nitrogen and oxygen atoms in total. The number of imidazole rings is 1. The number of aromatic nitrogens is 4. The Hall–Kier alpha value is -4.57. The number of hydrogen-bond donors (Lipinski definition) is 0. The number of fused-ring (bicyclic) bond motifs is 16. The smallest absolute Gasteiger partial charge is 0.147 e. The van der Waals surface area contributed by atoms with Gasteiger partial charge in [-0.05, 0) is 74.9 Å². The number of nitrogens with zero attached hydrogens (tertiary/aromatic N) is 4. The Morgan fingerprint density at radius 1 is 0.629 bits per heavy atom. The van der Waals surface area contributed by atoms with Crippen molar-refractivity contribution in [3.05, 3.63) is 108 Å². The minimum Gasteiger partial charge on any atom is -0.289 e. The van der Waals surface area contributed by atoms with E-state index in [-0.39, 0.29) is 0 Å². The van der Waals surface area contributed by atoms with E-state index in [1.54, 1.807) is 0 Å². The maximum atomic E-state index is 5.15. The highest BCUT2D eigenvalue weighted by Crippen LogP contribution is 2.50. The summed E-state index contributed by atoms with van der Waals surface area (Å²) in [5.41, 5.74) is 15.3. The molecule has 0 saturated carbocycles. The molecule has 0 fully saturated rings. The van der Waals surface area contributed by atoms with Crippen molar-refractivity contribution >= 4 is 38.4 Å². The summed E-state index contributed by atoms with van der Waals surface area (Å²) in [7, 11) is 0. The summed E-state index contributed by atoms with van der Waals surface area (Å²) in [5, 5.41) is 3.64. The van der Waals surface area contributed by atoms with Crippen LogP contribution in [0.1, 0.15) is 22.3 Å². The molecule has 0 amide bonds. The Morgan fingerprint density at radius 2 is 1.46 bits per heavy atom. The average molecular weight is 447 g/mol. The van der Waals surface area contributed by atoms with Crippen molar-refractivity contribution in [3.63, 3.8) is 0 Å². The van der Waals surface area contributed by atoms with Gasteiger partial charge in [0.05, 0.1) is 28.9 Å². The molecule has 0 spiro atoms. The van der Waals surface area contributed by atoms with E-state index in [1.807, 2.05) is 30.9 Å². The quantitative estimate of drug-likeness (QED) is 0.243. The first-order valence-corrected chi connectivity index (χ1v) is 12.0. The Labute approximate surface area is 200 Å². The number of pyridine rings is 3. The first kappa shape index (κ1) is 17.8. The lowest BCUT2D eigenvalue weighted by atomic mass is 9.93. The van der Waals surface area contributed by atoms with Crippen LogP contribution in [0.2, 0.25) is 0 Å². The van der Waals surface area contributed by atoms with Crippen LogP contribution in [0, 0.1) is 0 Å². The minimum atomic E-state index is 0.955. The number of benzene rings is 3. The predicted octanol–water partition coefficient (Wildman–Crippen LogP) is 6.73. The molecule has 0 unspecified atom stereocenters. The van der Waals surface area contributed by atoms with Crippen LogP contribution in [0.25, 0.3) is 60.6 Å². The van der Waals surface area contributed by atoms with Crippen LogP contribution in [-0.2, 0) is 12.8 Å². The lowest BCUT2D eigenvalue weighted by Crippen LogP contribution is -1.94. The van der Waals surface area contributed by atoms with Crippen molar-refractivity contribution in [2.45, 2.75) is 12.8 Å². The Balaban J connectivity index is 1.48. The molecule has 0 bridgehead atoms. The van der Waals surface area contributed by atoms with E-state index in [0.29, 0.717) is 0 Å². The van der Waals surface area contributed by atoms with Gasteiger partial charge in [-0.1, -0.05) is 48.5 Å². The molecule has 4 heterocycles. The Bertz CT molecular complexity index is 2070. The molecule has 0 aliphatic heterocycles. The molecule has 3 aromatic carbocycles. The van der Waals surface area contributed by atoms with Gasteiger partial charge in [0.2, 0.25) is 0 Å². The third kappa shape index (κ3) is 2.11. The molecular formula is C31H18N4. The van der Waals surface area contributed by atoms with Crippen LogP contribution >= 0.6 is 0 Å². The third-order valence-corrected chi connectivity index (χ3v) is 8.01. The van der Waals surface area contributed by atoms with Crippen LogP contribution in [0.5, 0.6) is 0 Å². The monoisotopic (exact) mass is 446 g/mol. The highest BCUT2D eigenvalue weighted by molar-refractivity contribution is 6.20. The van der Waals surface area contributed by atoms with Crippen LogP contribution in [-0.4, -0.2) is 19.4 Å². The van der Waals surface area contributed by atoms with E-state index in [0.717, 1.165) is 35.0 Å². The number of rotatable bonds is 0. The largest absolute Gasteiger partial charge is 0.289 e. The summed E-state index contributed by atoms with van der Waals surface area (Å²) < 4.78 is 2.24. The van der Waals surface area contributed by atoms with Crippen molar-refractivity contribution in [1.82, 2.24) is 19.4 Å². The van der Waals surface area contributed by atoms with E-state index in [9.17, 15) is 0 Å². The van der Waals surface area contributed by atoms with Gasteiger partial charge in [0.1, 0.15) is 5.65 Å². The van der Waals surface area contributed by atoms with Gasteiger partial charge in [0, 0.05) is 23.2 Å². The van der Waals surface area contributed by atoms with Gasteiger partial charge in [-0.3, -0.25) is 14.4 Å². The van der Waals surface area contributed by atoms with E-state index < -0.39 is 0 Å².